The SMILES string of the molecule is CC(C)NCC1(Cc2ccccc2Br)CCOC1C1CC1. The third-order valence-electron chi connectivity index (χ3n) is 4.91. The zero-order valence-electron chi connectivity index (χ0n) is 13.1. The van der Waals surface area contributed by atoms with Crippen molar-refractivity contribution in [3.8, 4) is 0 Å². The molecule has 1 saturated heterocycles. The lowest BCUT2D eigenvalue weighted by Crippen LogP contribution is -2.45. The van der Waals surface area contributed by atoms with E-state index in [2.05, 4.69) is 59.4 Å². The van der Waals surface area contributed by atoms with E-state index in [0.717, 1.165) is 25.5 Å². The number of hydrogen-bond acceptors (Lipinski definition) is 2. The van der Waals surface area contributed by atoms with Gasteiger partial charge in [-0.15, -0.1) is 0 Å². The molecule has 0 radical (unpaired) electrons. The van der Waals surface area contributed by atoms with Gasteiger partial charge in [-0.05, 0) is 43.2 Å². The number of halogens is 1. The molecule has 2 aliphatic rings. The zero-order valence-corrected chi connectivity index (χ0v) is 14.7. The van der Waals surface area contributed by atoms with Gasteiger partial charge in [-0.25, -0.2) is 0 Å². The number of hydrogen-bond donors (Lipinski definition) is 1. The van der Waals surface area contributed by atoms with Crippen LogP contribution >= 0.6 is 15.9 Å². The highest BCUT2D eigenvalue weighted by Gasteiger charge is 2.50. The van der Waals surface area contributed by atoms with Gasteiger partial charge >= 0.3 is 0 Å². The monoisotopic (exact) mass is 351 g/mol. The second kappa shape index (κ2) is 6.39. The van der Waals surface area contributed by atoms with Crippen LogP contribution in [0, 0.1) is 11.3 Å². The van der Waals surface area contributed by atoms with E-state index in [4.69, 9.17) is 4.74 Å². The first-order chi connectivity index (χ1) is 10.1. The Balaban J connectivity index is 1.83. The minimum Gasteiger partial charge on any atom is -0.377 e. The Morgan fingerprint density at radius 2 is 2.10 bits per heavy atom. The van der Waals surface area contributed by atoms with Gasteiger partial charge in [-0.1, -0.05) is 48.0 Å². The summed E-state index contributed by atoms with van der Waals surface area (Å²) in [6, 6.07) is 9.17. The maximum absolute atomic E-state index is 6.18. The molecule has 3 heteroatoms. The van der Waals surface area contributed by atoms with Gasteiger partial charge < -0.3 is 10.1 Å². The van der Waals surface area contributed by atoms with Gasteiger partial charge in [-0.2, -0.15) is 0 Å². The van der Waals surface area contributed by atoms with E-state index in [9.17, 15) is 0 Å². The fourth-order valence-corrected chi connectivity index (χ4v) is 4.04. The van der Waals surface area contributed by atoms with Gasteiger partial charge in [0.25, 0.3) is 0 Å². The quantitative estimate of drug-likeness (QED) is 0.830. The molecule has 2 nitrogen and oxygen atoms in total. The van der Waals surface area contributed by atoms with Crippen LogP contribution in [-0.4, -0.2) is 25.3 Å². The second-order valence-corrected chi connectivity index (χ2v) is 7.90. The zero-order chi connectivity index (χ0) is 14.9. The lowest BCUT2D eigenvalue weighted by Gasteiger charge is -2.36. The molecular formula is C18H26BrNO. The molecule has 1 N–H and O–H groups in total. The van der Waals surface area contributed by atoms with E-state index in [-0.39, 0.29) is 5.41 Å². The highest BCUT2D eigenvalue weighted by Crippen LogP contribution is 2.49. The summed E-state index contributed by atoms with van der Waals surface area (Å²) in [7, 11) is 0. The summed E-state index contributed by atoms with van der Waals surface area (Å²) in [6.45, 7) is 6.45. The molecule has 2 unspecified atom stereocenters. The maximum atomic E-state index is 6.18. The minimum absolute atomic E-state index is 0.259. The Kier molecular flexibility index (Phi) is 4.72. The summed E-state index contributed by atoms with van der Waals surface area (Å²) in [5.74, 6) is 0.795. The lowest BCUT2D eigenvalue weighted by atomic mass is 9.74. The van der Waals surface area contributed by atoms with Gasteiger partial charge in [0.15, 0.2) is 0 Å². The van der Waals surface area contributed by atoms with Crippen molar-refractivity contribution in [1.29, 1.82) is 0 Å². The maximum Gasteiger partial charge on any atom is 0.0675 e. The predicted octanol–water partition coefficient (Wildman–Crippen LogP) is 4.17. The standard InChI is InChI=1S/C18H26BrNO/c1-13(2)20-12-18(9-10-21-17(18)14-7-8-14)11-15-5-3-4-6-16(15)19/h3-6,13-14,17,20H,7-12H2,1-2H3. The van der Waals surface area contributed by atoms with Crippen molar-refractivity contribution in [3.05, 3.63) is 34.3 Å². The van der Waals surface area contributed by atoms with Crippen LogP contribution in [0.25, 0.3) is 0 Å². The summed E-state index contributed by atoms with van der Waals surface area (Å²) < 4.78 is 7.41. The average Bonchev–Trinajstić information content (AvgIpc) is 3.21. The van der Waals surface area contributed by atoms with E-state index in [1.165, 1.54) is 29.3 Å². The molecule has 1 aromatic carbocycles. The molecule has 0 amide bonds. The molecule has 0 aromatic heterocycles. The molecule has 2 fully saturated rings. The minimum atomic E-state index is 0.259. The Hall–Kier alpha value is -0.380. The fraction of sp³-hybridized carbons (Fsp3) is 0.667. The van der Waals surface area contributed by atoms with Crippen molar-refractivity contribution in [2.75, 3.05) is 13.2 Å². The molecule has 1 saturated carbocycles. The molecule has 21 heavy (non-hydrogen) atoms. The van der Waals surface area contributed by atoms with Crippen LogP contribution in [0.1, 0.15) is 38.7 Å². The van der Waals surface area contributed by atoms with Crippen molar-refractivity contribution in [3.63, 3.8) is 0 Å². The van der Waals surface area contributed by atoms with Crippen molar-refractivity contribution in [2.45, 2.75) is 51.7 Å². The average molecular weight is 352 g/mol. The summed E-state index contributed by atoms with van der Waals surface area (Å²) in [4.78, 5) is 0. The first kappa shape index (κ1) is 15.5. The van der Waals surface area contributed by atoms with Crippen molar-refractivity contribution >= 4 is 15.9 Å². The lowest BCUT2D eigenvalue weighted by molar-refractivity contribution is 0.0298. The molecular weight excluding hydrogens is 326 g/mol. The van der Waals surface area contributed by atoms with Gasteiger partial charge in [0, 0.05) is 29.1 Å². The van der Waals surface area contributed by atoms with E-state index in [1.54, 1.807) is 0 Å². The molecule has 0 bridgehead atoms. The number of rotatable bonds is 6. The van der Waals surface area contributed by atoms with Crippen LogP contribution in [0.15, 0.2) is 28.7 Å². The molecule has 1 heterocycles. The van der Waals surface area contributed by atoms with Crippen molar-refractivity contribution in [1.82, 2.24) is 5.32 Å². The summed E-state index contributed by atoms with van der Waals surface area (Å²) >= 11 is 3.72. The van der Waals surface area contributed by atoms with Crippen LogP contribution < -0.4 is 5.32 Å². The highest BCUT2D eigenvalue weighted by molar-refractivity contribution is 9.10. The van der Waals surface area contributed by atoms with Crippen molar-refractivity contribution < 1.29 is 4.74 Å². The Labute approximate surface area is 136 Å². The van der Waals surface area contributed by atoms with Crippen molar-refractivity contribution in [2.24, 2.45) is 11.3 Å². The molecule has 1 aliphatic carbocycles. The number of ether oxygens (including phenoxy) is 1. The van der Waals surface area contributed by atoms with Crippen LogP contribution in [0.4, 0.5) is 0 Å². The summed E-state index contributed by atoms with van der Waals surface area (Å²) in [5.41, 5.74) is 1.68. The van der Waals surface area contributed by atoms with Gasteiger partial charge in [-0.3, -0.25) is 0 Å². The third kappa shape index (κ3) is 3.52. The van der Waals surface area contributed by atoms with E-state index in [0.29, 0.717) is 12.1 Å². The molecule has 3 rings (SSSR count). The third-order valence-corrected chi connectivity index (χ3v) is 5.69. The van der Waals surface area contributed by atoms with Crippen LogP contribution in [0.5, 0.6) is 0 Å². The Morgan fingerprint density at radius 1 is 1.33 bits per heavy atom. The Morgan fingerprint density at radius 3 is 2.76 bits per heavy atom. The highest BCUT2D eigenvalue weighted by atomic mass is 79.9. The summed E-state index contributed by atoms with van der Waals surface area (Å²) in [5, 5.41) is 3.69. The molecule has 1 aliphatic heterocycles. The molecule has 1 aromatic rings. The molecule has 116 valence electrons. The first-order valence-corrected chi connectivity index (χ1v) is 8.98. The fourth-order valence-electron chi connectivity index (χ4n) is 3.61. The molecule has 2 atom stereocenters. The van der Waals surface area contributed by atoms with Gasteiger partial charge in [0.2, 0.25) is 0 Å². The van der Waals surface area contributed by atoms with E-state index < -0.39 is 0 Å². The summed E-state index contributed by atoms with van der Waals surface area (Å²) in [6.07, 6.45) is 5.43. The van der Waals surface area contributed by atoms with Gasteiger partial charge in [0.1, 0.15) is 0 Å². The Bertz CT molecular complexity index is 486. The second-order valence-electron chi connectivity index (χ2n) is 7.04. The van der Waals surface area contributed by atoms with Gasteiger partial charge in [0.05, 0.1) is 6.10 Å². The number of benzene rings is 1. The predicted molar refractivity (Wildman–Crippen MR) is 90.5 cm³/mol. The van der Waals surface area contributed by atoms with Crippen LogP contribution in [0.2, 0.25) is 0 Å². The topological polar surface area (TPSA) is 21.3 Å². The molecule has 0 spiro atoms. The van der Waals surface area contributed by atoms with E-state index in [1.807, 2.05) is 0 Å². The smallest absolute Gasteiger partial charge is 0.0675 e. The largest absolute Gasteiger partial charge is 0.377 e. The normalized spacial score (nSPS) is 29.2. The first-order valence-electron chi connectivity index (χ1n) is 8.19. The van der Waals surface area contributed by atoms with Crippen LogP contribution in [-0.2, 0) is 11.2 Å². The number of nitrogens with one attached hydrogen (secondary N) is 1. The van der Waals surface area contributed by atoms with E-state index >= 15 is 0 Å². The van der Waals surface area contributed by atoms with Crippen LogP contribution in [0.3, 0.4) is 0 Å².